The van der Waals surface area contributed by atoms with Gasteiger partial charge in [0.2, 0.25) is 0 Å². The molecule has 0 fully saturated rings. The first kappa shape index (κ1) is 12.2. The second-order valence-electron chi connectivity index (χ2n) is 4.17. The Morgan fingerprint density at radius 1 is 1.06 bits per heavy atom. The summed E-state index contributed by atoms with van der Waals surface area (Å²) in [5.41, 5.74) is 2.11. The number of benzene rings is 2. The summed E-state index contributed by atoms with van der Waals surface area (Å²) in [7, 11) is 0. The number of aryl methyl sites for hydroxylation is 2. The van der Waals surface area contributed by atoms with Gasteiger partial charge in [0.25, 0.3) is 0 Å². The van der Waals surface area contributed by atoms with E-state index in [0.29, 0.717) is 11.5 Å². The van der Waals surface area contributed by atoms with Crippen LogP contribution in [0.3, 0.4) is 0 Å². The fourth-order valence-electron chi connectivity index (χ4n) is 1.68. The first-order chi connectivity index (χ1) is 8.58. The molecule has 0 amide bonds. The van der Waals surface area contributed by atoms with Crippen molar-refractivity contribution >= 4 is 5.97 Å². The lowest BCUT2D eigenvalue weighted by Gasteiger charge is -2.11. The molecule has 2 aromatic rings. The number of hydrogen-bond acceptors (Lipinski definition) is 2. The van der Waals surface area contributed by atoms with E-state index in [1.54, 1.807) is 12.1 Å². The largest absolute Gasteiger partial charge is 0.478 e. The summed E-state index contributed by atoms with van der Waals surface area (Å²) >= 11 is 0. The summed E-state index contributed by atoms with van der Waals surface area (Å²) in [6.07, 6.45) is 0. The lowest BCUT2D eigenvalue weighted by atomic mass is 10.1. The normalized spacial score (nSPS) is 10.1. The molecule has 92 valence electrons. The van der Waals surface area contributed by atoms with E-state index in [-0.39, 0.29) is 5.56 Å². The first-order valence-electron chi connectivity index (χ1n) is 5.65. The molecule has 1 N–H and O–H groups in total. The molecule has 0 aliphatic carbocycles. The second kappa shape index (κ2) is 4.92. The smallest absolute Gasteiger partial charge is 0.339 e. The number of carbonyl (C=O) groups is 1. The summed E-state index contributed by atoms with van der Waals surface area (Å²) in [6.45, 7) is 3.82. The van der Waals surface area contributed by atoms with Crippen molar-refractivity contribution in [2.75, 3.05) is 0 Å². The Balaban J connectivity index is 2.39. The van der Waals surface area contributed by atoms with Gasteiger partial charge in [-0.25, -0.2) is 4.79 Å². The van der Waals surface area contributed by atoms with Crippen molar-refractivity contribution in [3.05, 3.63) is 59.2 Å². The van der Waals surface area contributed by atoms with Crippen molar-refractivity contribution in [3.63, 3.8) is 0 Å². The molecule has 3 heteroatoms. The van der Waals surface area contributed by atoms with Crippen molar-refractivity contribution in [2.45, 2.75) is 13.8 Å². The molecule has 0 atom stereocenters. The van der Waals surface area contributed by atoms with E-state index < -0.39 is 5.97 Å². The average Bonchev–Trinajstić information content (AvgIpc) is 2.34. The van der Waals surface area contributed by atoms with Crippen LogP contribution in [0.25, 0.3) is 0 Å². The van der Waals surface area contributed by atoms with Gasteiger partial charge in [-0.1, -0.05) is 29.8 Å². The summed E-state index contributed by atoms with van der Waals surface area (Å²) < 4.78 is 5.68. The van der Waals surface area contributed by atoms with Crippen LogP contribution < -0.4 is 4.74 Å². The molecular formula is C15H14O3. The Kier molecular flexibility index (Phi) is 3.33. The average molecular weight is 242 g/mol. The lowest BCUT2D eigenvalue weighted by Crippen LogP contribution is -2.01. The minimum atomic E-state index is -0.985. The van der Waals surface area contributed by atoms with Crippen LogP contribution in [0.1, 0.15) is 21.5 Å². The number of rotatable bonds is 3. The minimum absolute atomic E-state index is 0.176. The van der Waals surface area contributed by atoms with Gasteiger partial charge in [-0.15, -0.1) is 0 Å². The summed E-state index contributed by atoms with van der Waals surface area (Å²) in [6, 6.07) is 12.6. The topological polar surface area (TPSA) is 46.5 Å². The molecule has 0 radical (unpaired) electrons. The van der Waals surface area contributed by atoms with E-state index >= 15 is 0 Å². The van der Waals surface area contributed by atoms with Crippen molar-refractivity contribution in [1.82, 2.24) is 0 Å². The van der Waals surface area contributed by atoms with Gasteiger partial charge in [0.15, 0.2) is 0 Å². The number of carboxylic acids is 1. The van der Waals surface area contributed by atoms with Crippen LogP contribution in [-0.4, -0.2) is 11.1 Å². The predicted molar refractivity (Wildman–Crippen MR) is 69.4 cm³/mol. The Morgan fingerprint density at radius 3 is 2.33 bits per heavy atom. The SMILES string of the molecule is Cc1ccc(Oc2c(C)cccc2C(=O)O)cc1. The Hall–Kier alpha value is -2.29. The van der Waals surface area contributed by atoms with E-state index in [2.05, 4.69) is 0 Å². The van der Waals surface area contributed by atoms with E-state index in [9.17, 15) is 4.79 Å². The number of hydrogen-bond donors (Lipinski definition) is 1. The summed E-state index contributed by atoms with van der Waals surface area (Å²) in [5.74, 6) is 0.0482. The zero-order valence-electron chi connectivity index (χ0n) is 10.3. The van der Waals surface area contributed by atoms with Gasteiger partial charge in [0, 0.05) is 0 Å². The highest BCUT2D eigenvalue weighted by atomic mass is 16.5. The van der Waals surface area contributed by atoms with Crippen LogP contribution in [-0.2, 0) is 0 Å². The van der Waals surface area contributed by atoms with Crippen LogP contribution >= 0.6 is 0 Å². The Morgan fingerprint density at radius 2 is 1.72 bits per heavy atom. The number of para-hydroxylation sites is 1. The van der Waals surface area contributed by atoms with Crippen LogP contribution in [0.5, 0.6) is 11.5 Å². The predicted octanol–water partition coefficient (Wildman–Crippen LogP) is 3.79. The van der Waals surface area contributed by atoms with Crippen LogP contribution in [0.2, 0.25) is 0 Å². The van der Waals surface area contributed by atoms with Gasteiger partial charge in [-0.2, -0.15) is 0 Å². The van der Waals surface area contributed by atoms with Gasteiger partial charge < -0.3 is 9.84 Å². The van der Waals surface area contributed by atoms with Gasteiger partial charge in [-0.05, 0) is 37.6 Å². The molecule has 2 aromatic carbocycles. The zero-order valence-corrected chi connectivity index (χ0v) is 10.3. The molecule has 2 rings (SSSR count). The van der Waals surface area contributed by atoms with Crippen molar-refractivity contribution < 1.29 is 14.6 Å². The molecule has 0 aromatic heterocycles. The molecule has 0 aliphatic rings. The summed E-state index contributed by atoms with van der Waals surface area (Å²) in [5, 5.41) is 9.13. The van der Waals surface area contributed by atoms with E-state index in [4.69, 9.17) is 9.84 Å². The van der Waals surface area contributed by atoms with E-state index in [1.165, 1.54) is 0 Å². The quantitative estimate of drug-likeness (QED) is 0.890. The molecule has 0 aliphatic heterocycles. The third-order valence-corrected chi connectivity index (χ3v) is 2.68. The molecule has 0 spiro atoms. The second-order valence-corrected chi connectivity index (χ2v) is 4.17. The van der Waals surface area contributed by atoms with Gasteiger partial charge in [-0.3, -0.25) is 0 Å². The van der Waals surface area contributed by atoms with Crippen molar-refractivity contribution in [1.29, 1.82) is 0 Å². The molecule has 0 unspecified atom stereocenters. The number of carboxylic acid groups (broad SMARTS) is 1. The highest BCUT2D eigenvalue weighted by Crippen LogP contribution is 2.29. The van der Waals surface area contributed by atoms with Crippen LogP contribution in [0.4, 0.5) is 0 Å². The molecule has 0 heterocycles. The van der Waals surface area contributed by atoms with Crippen molar-refractivity contribution in [2.24, 2.45) is 0 Å². The van der Waals surface area contributed by atoms with Crippen molar-refractivity contribution in [3.8, 4) is 11.5 Å². The molecule has 3 nitrogen and oxygen atoms in total. The van der Waals surface area contributed by atoms with Crippen LogP contribution in [0, 0.1) is 13.8 Å². The lowest BCUT2D eigenvalue weighted by molar-refractivity contribution is 0.0694. The molecular weight excluding hydrogens is 228 g/mol. The molecule has 18 heavy (non-hydrogen) atoms. The number of ether oxygens (including phenoxy) is 1. The molecule has 0 bridgehead atoms. The van der Waals surface area contributed by atoms with Gasteiger partial charge in [0.05, 0.1) is 0 Å². The third-order valence-electron chi connectivity index (χ3n) is 2.68. The molecule has 0 saturated heterocycles. The highest BCUT2D eigenvalue weighted by Gasteiger charge is 2.13. The maximum absolute atomic E-state index is 11.1. The minimum Gasteiger partial charge on any atom is -0.478 e. The standard InChI is InChI=1S/C15H14O3/c1-10-6-8-12(9-7-10)18-14-11(2)4-3-5-13(14)15(16)17/h3-9H,1-2H3,(H,16,17). The summed E-state index contributed by atoms with van der Waals surface area (Å²) in [4.78, 5) is 11.1. The van der Waals surface area contributed by atoms with E-state index in [1.807, 2.05) is 44.2 Å². The Bertz CT molecular complexity index is 571. The maximum atomic E-state index is 11.1. The zero-order chi connectivity index (χ0) is 13.1. The maximum Gasteiger partial charge on any atom is 0.339 e. The fourth-order valence-corrected chi connectivity index (χ4v) is 1.68. The van der Waals surface area contributed by atoms with Gasteiger partial charge >= 0.3 is 5.97 Å². The van der Waals surface area contributed by atoms with E-state index in [0.717, 1.165) is 11.1 Å². The number of aromatic carboxylic acids is 1. The van der Waals surface area contributed by atoms with Gasteiger partial charge in [0.1, 0.15) is 17.1 Å². The monoisotopic (exact) mass is 242 g/mol. The highest BCUT2D eigenvalue weighted by molar-refractivity contribution is 5.91. The first-order valence-corrected chi connectivity index (χ1v) is 5.65. The third kappa shape index (κ3) is 2.51. The fraction of sp³-hybridized carbons (Fsp3) is 0.133. The van der Waals surface area contributed by atoms with Crippen LogP contribution in [0.15, 0.2) is 42.5 Å². The molecule has 0 saturated carbocycles. The Labute approximate surface area is 106 Å².